The van der Waals surface area contributed by atoms with Crippen molar-refractivity contribution in [2.75, 3.05) is 11.9 Å². The van der Waals surface area contributed by atoms with E-state index in [2.05, 4.69) is 39.2 Å². The van der Waals surface area contributed by atoms with Crippen molar-refractivity contribution in [3.63, 3.8) is 0 Å². The van der Waals surface area contributed by atoms with Gasteiger partial charge in [0, 0.05) is 6.54 Å². The molecule has 0 bridgehead atoms. The molecule has 6 heteroatoms. The Labute approximate surface area is 111 Å². The van der Waals surface area contributed by atoms with Crippen LogP contribution in [0.3, 0.4) is 0 Å². The number of nitrogens with one attached hydrogen (secondary N) is 2. The Kier molecular flexibility index (Phi) is 4.72. The number of anilines is 1. The molecular weight excluding hydrogens is 248 g/mol. The lowest BCUT2D eigenvalue weighted by atomic mass is 10.3. The SMILES string of the molecule is CCCNC(C)c1nnc(NCc2ccsc2)o1. The number of hydrogen-bond acceptors (Lipinski definition) is 6. The second-order valence-corrected chi connectivity index (χ2v) is 4.89. The Balaban J connectivity index is 1.85. The van der Waals surface area contributed by atoms with Gasteiger partial charge in [-0.3, -0.25) is 0 Å². The summed E-state index contributed by atoms with van der Waals surface area (Å²) in [7, 11) is 0. The fraction of sp³-hybridized carbons (Fsp3) is 0.500. The summed E-state index contributed by atoms with van der Waals surface area (Å²) in [5.74, 6) is 0.622. The molecule has 1 unspecified atom stereocenters. The van der Waals surface area contributed by atoms with E-state index in [0.29, 0.717) is 18.5 Å². The normalized spacial score (nSPS) is 12.6. The van der Waals surface area contributed by atoms with E-state index in [9.17, 15) is 0 Å². The van der Waals surface area contributed by atoms with Gasteiger partial charge in [0.2, 0.25) is 5.89 Å². The third kappa shape index (κ3) is 3.54. The van der Waals surface area contributed by atoms with Gasteiger partial charge in [0.05, 0.1) is 6.04 Å². The molecule has 0 aliphatic heterocycles. The van der Waals surface area contributed by atoms with Crippen LogP contribution in [0.15, 0.2) is 21.2 Å². The van der Waals surface area contributed by atoms with Crippen LogP contribution in [0.4, 0.5) is 6.01 Å². The molecular formula is C12H18N4OS. The highest BCUT2D eigenvalue weighted by Crippen LogP contribution is 2.15. The maximum absolute atomic E-state index is 5.55. The molecule has 0 aromatic carbocycles. The summed E-state index contributed by atoms with van der Waals surface area (Å²) in [6.07, 6.45) is 1.09. The third-order valence-corrected chi connectivity index (χ3v) is 3.27. The number of aromatic nitrogens is 2. The number of rotatable bonds is 7. The highest BCUT2D eigenvalue weighted by atomic mass is 32.1. The Hall–Kier alpha value is -1.40. The summed E-state index contributed by atoms with van der Waals surface area (Å²) in [6.45, 7) is 5.80. The van der Waals surface area contributed by atoms with E-state index in [1.165, 1.54) is 5.56 Å². The second-order valence-electron chi connectivity index (χ2n) is 4.11. The maximum atomic E-state index is 5.55. The van der Waals surface area contributed by atoms with Crippen molar-refractivity contribution in [3.8, 4) is 0 Å². The molecule has 0 saturated heterocycles. The minimum atomic E-state index is 0.0918. The van der Waals surface area contributed by atoms with Crippen LogP contribution in [-0.4, -0.2) is 16.7 Å². The van der Waals surface area contributed by atoms with Crippen LogP contribution in [0.2, 0.25) is 0 Å². The first-order chi connectivity index (χ1) is 8.79. The molecule has 0 saturated carbocycles. The second kappa shape index (κ2) is 6.51. The molecule has 5 nitrogen and oxygen atoms in total. The lowest BCUT2D eigenvalue weighted by Gasteiger charge is -2.07. The Morgan fingerprint density at radius 1 is 1.44 bits per heavy atom. The van der Waals surface area contributed by atoms with Gasteiger partial charge in [-0.05, 0) is 42.3 Å². The first kappa shape index (κ1) is 13.0. The highest BCUT2D eigenvalue weighted by Gasteiger charge is 2.12. The minimum absolute atomic E-state index is 0.0918. The summed E-state index contributed by atoms with van der Waals surface area (Å²) in [5.41, 5.74) is 1.22. The zero-order valence-electron chi connectivity index (χ0n) is 10.6. The van der Waals surface area contributed by atoms with E-state index >= 15 is 0 Å². The molecule has 0 aliphatic carbocycles. The molecule has 0 fully saturated rings. The fourth-order valence-corrected chi connectivity index (χ4v) is 2.17. The smallest absolute Gasteiger partial charge is 0.315 e. The Bertz CT molecular complexity index is 454. The molecule has 0 amide bonds. The lowest BCUT2D eigenvalue weighted by molar-refractivity contribution is 0.423. The van der Waals surface area contributed by atoms with Gasteiger partial charge in [-0.1, -0.05) is 12.0 Å². The zero-order chi connectivity index (χ0) is 12.8. The monoisotopic (exact) mass is 266 g/mol. The molecule has 0 aliphatic rings. The lowest BCUT2D eigenvalue weighted by Crippen LogP contribution is -2.19. The molecule has 18 heavy (non-hydrogen) atoms. The number of thiophene rings is 1. The number of hydrogen-bond donors (Lipinski definition) is 2. The molecule has 2 aromatic heterocycles. The standard InChI is InChI=1S/C12H18N4OS/c1-3-5-13-9(2)11-15-16-12(17-11)14-7-10-4-6-18-8-10/h4,6,8-9,13H,3,5,7H2,1-2H3,(H,14,16). The summed E-state index contributed by atoms with van der Waals surface area (Å²) < 4.78 is 5.55. The molecule has 1 atom stereocenters. The summed E-state index contributed by atoms with van der Waals surface area (Å²) in [6, 6.07) is 2.64. The summed E-state index contributed by atoms with van der Waals surface area (Å²) in [4.78, 5) is 0. The predicted molar refractivity (Wildman–Crippen MR) is 72.7 cm³/mol. The minimum Gasteiger partial charge on any atom is -0.406 e. The van der Waals surface area contributed by atoms with E-state index in [1.54, 1.807) is 11.3 Å². The van der Waals surface area contributed by atoms with Gasteiger partial charge < -0.3 is 15.1 Å². The first-order valence-electron chi connectivity index (χ1n) is 6.11. The van der Waals surface area contributed by atoms with Gasteiger partial charge in [-0.15, -0.1) is 5.10 Å². The molecule has 2 aromatic rings. The van der Waals surface area contributed by atoms with Crippen molar-refractivity contribution in [2.24, 2.45) is 0 Å². The molecule has 0 radical (unpaired) electrons. The van der Waals surface area contributed by atoms with Crippen LogP contribution in [-0.2, 0) is 6.54 Å². The van der Waals surface area contributed by atoms with Gasteiger partial charge in [-0.2, -0.15) is 11.3 Å². The van der Waals surface area contributed by atoms with Gasteiger partial charge in [0.1, 0.15) is 0 Å². The van der Waals surface area contributed by atoms with Crippen LogP contribution in [0, 0.1) is 0 Å². The first-order valence-corrected chi connectivity index (χ1v) is 7.05. The van der Waals surface area contributed by atoms with Crippen molar-refractivity contribution < 1.29 is 4.42 Å². The fourth-order valence-electron chi connectivity index (χ4n) is 1.50. The van der Waals surface area contributed by atoms with E-state index in [1.807, 2.05) is 12.3 Å². The van der Waals surface area contributed by atoms with Crippen LogP contribution in [0.5, 0.6) is 0 Å². The Morgan fingerprint density at radius 2 is 2.33 bits per heavy atom. The Morgan fingerprint density at radius 3 is 3.06 bits per heavy atom. The van der Waals surface area contributed by atoms with Crippen molar-refractivity contribution >= 4 is 17.4 Å². The quantitative estimate of drug-likeness (QED) is 0.807. The van der Waals surface area contributed by atoms with Gasteiger partial charge in [0.15, 0.2) is 0 Å². The molecule has 2 heterocycles. The topological polar surface area (TPSA) is 63.0 Å². The van der Waals surface area contributed by atoms with Crippen molar-refractivity contribution in [2.45, 2.75) is 32.9 Å². The molecule has 2 rings (SSSR count). The van der Waals surface area contributed by atoms with Crippen LogP contribution >= 0.6 is 11.3 Å². The largest absolute Gasteiger partial charge is 0.406 e. The van der Waals surface area contributed by atoms with Crippen molar-refractivity contribution in [1.29, 1.82) is 0 Å². The van der Waals surface area contributed by atoms with E-state index in [-0.39, 0.29) is 6.04 Å². The third-order valence-electron chi connectivity index (χ3n) is 2.54. The molecule has 0 spiro atoms. The predicted octanol–water partition coefficient (Wildman–Crippen LogP) is 2.80. The summed E-state index contributed by atoms with van der Waals surface area (Å²) >= 11 is 1.68. The van der Waals surface area contributed by atoms with E-state index in [0.717, 1.165) is 13.0 Å². The van der Waals surface area contributed by atoms with Gasteiger partial charge in [-0.25, -0.2) is 0 Å². The summed E-state index contributed by atoms with van der Waals surface area (Å²) in [5, 5.41) is 18.6. The molecule has 2 N–H and O–H groups in total. The average Bonchev–Trinajstić information content (AvgIpc) is 3.04. The maximum Gasteiger partial charge on any atom is 0.315 e. The van der Waals surface area contributed by atoms with E-state index in [4.69, 9.17) is 4.42 Å². The van der Waals surface area contributed by atoms with Gasteiger partial charge >= 0.3 is 6.01 Å². The van der Waals surface area contributed by atoms with Gasteiger partial charge in [0.25, 0.3) is 0 Å². The van der Waals surface area contributed by atoms with Crippen LogP contribution in [0.1, 0.15) is 37.8 Å². The van der Waals surface area contributed by atoms with Crippen LogP contribution < -0.4 is 10.6 Å². The van der Waals surface area contributed by atoms with Crippen LogP contribution in [0.25, 0.3) is 0 Å². The van der Waals surface area contributed by atoms with Crippen molar-refractivity contribution in [3.05, 3.63) is 28.3 Å². The average molecular weight is 266 g/mol. The van der Waals surface area contributed by atoms with Crippen molar-refractivity contribution in [1.82, 2.24) is 15.5 Å². The number of nitrogens with zero attached hydrogens (tertiary/aromatic N) is 2. The van der Waals surface area contributed by atoms with E-state index < -0.39 is 0 Å². The molecule has 98 valence electrons. The highest BCUT2D eigenvalue weighted by molar-refractivity contribution is 7.07. The zero-order valence-corrected chi connectivity index (χ0v) is 11.5.